The normalized spacial score (nSPS) is 23.2. The molecular weight excluding hydrogens is 226 g/mol. The van der Waals surface area contributed by atoms with Crippen LogP contribution >= 0.6 is 0 Å². The number of carbonyl (C=O) groups is 1. The molecular formula is C15H21NO2. The highest BCUT2D eigenvalue weighted by molar-refractivity contribution is 6.00. The van der Waals surface area contributed by atoms with Crippen LogP contribution in [0.1, 0.15) is 35.7 Å². The number of benzene rings is 1. The molecule has 0 aliphatic carbocycles. The van der Waals surface area contributed by atoms with Crippen LogP contribution < -0.4 is 5.32 Å². The molecule has 0 amide bonds. The minimum absolute atomic E-state index is 0.0909. The van der Waals surface area contributed by atoms with Gasteiger partial charge < -0.3 is 10.1 Å². The lowest BCUT2D eigenvalue weighted by Gasteiger charge is -2.10. The largest absolute Gasteiger partial charge is 0.380 e. The van der Waals surface area contributed by atoms with E-state index < -0.39 is 0 Å². The van der Waals surface area contributed by atoms with Crippen molar-refractivity contribution in [3.8, 4) is 0 Å². The van der Waals surface area contributed by atoms with E-state index in [2.05, 4.69) is 18.3 Å². The first-order chi connectivity index (χ1) is 8.74. The van der Waals surface area contributed by atoms with Crippen LogP contribution in [0.4, 0.5) is 0 Å². The second kappa shape index (κ2) is 6.12. The second-order valence-corrected chi connectivity index (χ2v) is 4.87. The molecule has 0 aromatic heterocycles. The summed E-state index contributed by atoms with van der Waals surface area (Å²) in [5, 5.41) is 3.23. The number of hydrogen-bond donors (Lipinski definition) is 1. The van der Waals surface area contributed by atoms with Crippen LogP contribution in [0.25, 0.3) is 0 Å². The fourth-order valence-electron chi connectivity index (χ4n) is 2.45. The zero-order valence-corrected chi connectivity index (χ0v) is 11.1. The van der Waals surface area contributed by atoms with Gasteiger partial charge in [-0.1, -0.05) is 31.5 Å². The highest BCUT2D eigenvalue weighted by Gasteiger charge is 2.29. The van der Waals surface area contributed by atoms with E-state index >= 15 is 0 Å². The molecule has 2 rings (SSSR count). The molecule has 18 heavy (non-hydrogen) atoms. The Morgan fingerprint density at radius 3 is 3.00 bits per heavy atom. The van der Waals surface area contributed by atoms with E-state index in [1.165, 1.54) is 5.56 Å². The fourth-order valence-corrected chi connectivity index (χ4v) is 2.45. The van der Waals surface area contributed by atoms with Gasteiger partial charge >= 0.3 is 0 Å². The van der Waals surface area contributed by atoms with Crippen molar-refractivity contribution in [2.24, 2.45) is 0 Å². The third kappa shape index (κ3) is 2.98. The van der Waals surface area contributed by atoms with Crippen LogP contribution in [-0.4, -0.2) is 31.6 Å². The Kier molecular flexibility index (Phi) is 4.50. The van der Waals surface area contributed by atoms with Gasteiger partial charge in [0.15, 0.2) is 5.78 Å². The summed E-state index contributed by atoms with van der Waals surface area (Å²) in [7, 11) is 1.70. The zero-order valence-electron chi connectivity index (χ0n) is 11.1. The maximum Gasteiger partial charge on any atom is 0.179 e. The maximum absolute atomic E-state index is 12.3. The summed E-state index contributed by atoms with van der Waals surface area (Å²) in [6.45, 7) is 2.91. The maximum atomic E-state index is 12.3. The molecule has 0 spiro atoms. The van der Waals surface area contributed by atoms with Gasteiger partial charge in [0, 0.05) is 19.2 Å². The molecule has 1 fully saturated rings. The van der Waals surface area contributed by atoms with E-state index in [0.717, 1.165) is 31.4 Å². The van der Waals surface area contributed by atoms with Gasteiger partial charge in [0.1, 0.15) is 0 Å². The lowest BCUT2D eigenvalue weighted by molar-refractivity contribution is 0.0918. The summed E-state index contributed by atoms with van der Waals surface area (Å²) in [4.78, 5) is 12.3. The number of rotatable bonds is 5. The summed E-state index contributed by atoms with van der Waals surface area (Å²) < 4.78 is 5.27. The van der Waals surface area contributed by atoms with Crippen LogP contribution in [0.2, 0.25) is 0 Å². The first-order valence-electron chi connectivity index (χ1n) is 6.64. The number of nitrogens with one attached hydrogen (secondary N) is 1. The molecule has 0 saturated carbocycles. The monoisotopic (exact) mass is 247 g/mol. The lowest BCUT2D eigenvalue weighted by Crippen LogP contribution is -2.30. The second-order valence-electron chi connectivity index (χ2n) is 4.87. The third-order valence-electron chi connectivity index (χ3n) is 3.49. The van der Waals surface area contributed by atoms with E-state index in [0.29, 0.717) is 0 Å². The number of methoxy groups -OCH3 is 1. The van der Waals surface area contributed by atoms with E-state index in [1.807, 2.05) is 18.2 Å². The minimum Gasteiger partial charge on any atom is -0.380 e. The molecule has 1 heterocycles. The molecule has 0 bridgehead atoms. The van der Waals surface area contributed by atoms with Crippen molar-refractivity contribution in [3.05, 3.63) is 35.4 Å². The molecule has 1 aliphatic heterocycles. The molecule has 98 valence electrons. The molecule has 1 N–H and O–H groups in total. The summed E-state index contributed by atoms with van der Waals surface area (Å²) in [5.41, 5.74) is 2.06. The molecule has 1 aromatic rings. The van der Waals surface area contributed by atoms with Gasteiger partial charge in [-0.2, -0.15) is 0 Å². The van der Waals surface area contributed by atoms with Gasteiger partial charge in [-0.3, -0.25) is 4.79 Å². The van der Waals surface area contributed by atoms with Crippen LogP contribution in [0, 0.1) is 0 Å². The number of aryl methyl sites for hydroxylation is 1. The summed E-state index contributed by atoms with van der Waals surface area (Å²) >= 11 is 0. The van der Waals surface area contributed by atoms with Gasteiger partial charge in [0.2, 0.25) is 0 Å². The van der Waals surface area contributed by atoms with Crippen LogP contribution in [-0.2, 0) is 11.2 Å². The van der Waals surface area contributed by atoms with Gasteiger partial charge in [-0.25, -0.2) is 0 Å². The van der Waals surface area contributed by atoms with Crippen LogP contribution in [0.5, 0.6) is 0 Å². The van der Waals surface area contributed by atoms with Crippen molar-refractivity contribution in [2.75, 3.05) is 13.7 Å². The van der Waals surface area contributed by atoms with E-state index in [1.54, 1.807) is 7.11 Å². The number of ketones is 1. The number of Topliss-reactive ketones (excluding diaryl/α,β-unsaturated/α-hetero) is 1. The zero-order chi connectivity index (χ0) is 13.0. The van der Waals surface area contributed by atoms with Crippen molar-refractivity contribution in [2.45, 2.75) is 38.3 Å². The molecule has 3 heteroatoms. The first-order valence-corrected chi connectivity index (χ1v) is 6.64. The van der Waals surface area contributed by atoms with Crippen molar-refractivity contribution < 1.29 is 9.53 Å². The van der Waals surface area contributed by atoms with Crippen molar-refractivity contribution >= 4 is 5.78 Å². The molecule has 1 saturated heterocycles. The Balaban J connectivity index is 2.07. The molecule has 2 atom stereocenters. The molecule has 2 unspecified atom stereocenters. The highest BCUT2D eigenvalue weighted by atomic mass is 16.5. The topological polar surface area (TPSA) is 38.3 Å². The van der Waals surface area contributed by atoms with Gasteiger partial charge in [-0.05, 0) is 24.5 Å². The summed E-state index contributed by atoms with van der Waals surface area (Å²) in [6, 6.07) is 7.89. The van der Waals surface area contributed by atoms with Gasteiger partial charge in [0.05, 0.1) is 12.1 Å². The highest BCUT2D eigenvalue weighted by Crippen LogP contribution is 2.16. The quantitative estimate of drug-likeness (QED) is 0.811. The standard InChI is InChI=1S/C15H21NO2/c1-3-5-11-6-4-7-12(8-11)15(17)14-9-13(18-2)10-16-14/h4,6-8,13-14,16H,3,5,9-10H2,1-2H3. The Morgan fingerprint density at radius 2 is 2.33 bits per heavy atom. The van der Waals surface area contributed by atoms with Gasteiger partial charge in [0.25, 0.3) is 0 Å². The average Bonchev–Trinajstić information content (AvgIpc) is 2.87. The Labute approximate surface area is 109 Å². The Bertz CT molecular complexity index is 417. The minimum atomic E-state index is -0.0909. The number of carbonyl (C=O) groups excluding carboxylic acids is 1. The van der Waals surface area contributed by atoms with Crippen LogP contribution in [0.15, 0.2) is 24.3 Å². The van der Waals surface area contributed by atoms with Crippen molar-refractivity contribution in [1.82, 2.24) is 5.32 Å². The summed E-state index contributed by atoms with van der Waals surface area (Å²) in [5.74, 6) is 0.188. The molecule has 3 nitrogen and oxygen atoms in total. The fraction of sp³-hybridized carbons (Fsp3) is 0.533. The molecule has 1 aromatic carbocycles. The number of ether oxygens (including phenoxy) is 1. The first kappa shape index (κ1) is 13.2. The summed E-state index contributed by atoms with van der Waals surface area (Å²) in [6.07, 6.45) is 3.07. The smallest absolute Gasteiger partial charge is 0.179 e. The van der Waals surface area contributed by atoms with E-state index in [9.17, 15) is 4.79 Å². The Hall–Kier alpha value is -1.19. The average molecular weight is 247 g/mol. The lowest BCUT2D eigenvalue weighted by atomic mass is 9.99. The molecule has 0 radical (unpaired) electrons. The number of hydrogen-bond acceptors (Lipinski definition) is 3. The SMILES string of the molecule is CCCc1cccc(C(=O)C2CC(OC)CN2)c1. The van der Waals surface area contributed by atoms with Crippen molar-refractivity contribution in [1.29, 1.82) is 0 Å². The van der Waals surface area contributed by atoms with E-state index in [-0.39, 0.29) is 17.9 Å². The predicted octanol–water partition coefficient (Wildman–Crippen LogP) is 2.20. The Morgan fingerprint density at radius 1 is 1.50 bits per heavy atom. The van der Waals surface area contributed by atoms with E-state index in [4.69, 9.17) is 4.74 Å². The third-order valence-corrected chi connectivity index (χ3v) is 3.49. The predicted molar refractivity (Wildman–Crippen MR) is 72.0 cm³/mol. The molecule has 1 aliphatic rings. The van der Waals surface area contributed by atoms with Gasteiger partial charge in [-0.15, -0.1) is 0 Å². The van der Waals surface area contributed by atoms with Crippen molar-refractivity contribution in [3.63, 3.8) is 0 Å². The van der Waals surface area contributed by atoms with Crippen LogP contribution in [0.3, 0.4) is 0 Å².